The average Bonchev–Trinajstić information content (AvgIpc) is 3.70. The molecule has 0 amide bonds. The Balaban J connectivity index is 1.23. The summed E-state index contributed by atoms with van der Waals surface area (Å²) in [6, 6.07) is 67.7. The fourth-order valence-corrected chi connectivity index (χ4v) is 11.2. The van der Waals surface area contributed by atoms with Crippen LogP contribution in [0, 0.1) is 13.8 Å². The minimum Gasteiger partial charge on any atom is -0.310 e. The fraction of sp³-hybridized carbons (Fsp3) is 0.103. The molecule has 1 heterocycles. The van der Waals surface area contributed by atoms with E-state index in [4.69, 9.17) is 0 Å². The number of hydrogen-bond acceptors (Lipinski definition) is 3. The van der Waals surface area contributed by atoms with E-state index in [2.05, 4.69) is 219 Å². The number of thiophene rings is 1. The van der Waals surface area contributed by atoms with Crippen molar-refractivity contribution in [2.45, 2.75) is 40.5 Å². The summed E-state index contributed by atoms with van der Waals surface area (Å²) in [6.45, 7) is 9.11. The van der Waals surface area contributed by atoms with Gasteiger partial charge in [0.15, 0.2) is 0 Å². The van der Waals surface area contributed by atoms with Crippen LogP contribution in [0.4, 0.5) is 34.1 Å². The van der Waals surface area contributed by atoms with Gasteiger partial charge < -0.3 is 9.80 Å². The summed E-state index contributed by atoms with van der Waals surface area (Å²) in [7, 11) is 0. The lowest BCUT2D eigenvalue weighted by molar-refractivity contribution is 1.15. The SMILES string of the molecule is CCc1cc(N(c2ccccc2)c2cccc(-c3ccccc3C)c2C)c2ccc3c(CC)cc(N(c4ccccc4)c4cccc5c4sc4ccccc45)c4ccc1c2c34. The van der Waals surface area contributed by atoms with Gasteiger partial charge in [0.25, 0.3) is 0 Å². The number of aryl methyl sites for hydroxylation is 3. The lowest BCUT2D eigenvalue weighted by atomic mass is 9.86. The van der Waals surface area contributed by atoms with E-state index in [0.717, 1.165) is 24.2 Å². The molecule has 3 heteroatoms. The molecule has 11 rings (SSSR count). The Labute approximate surface area is 361 Å². The first-order valence-electron chi connectivity index (χ1n) is 21.6. The van der Waals surface area contributed by atoms with Crippen molar-refractivity contribution in [2.24, 2.45) is 0 Å². The van der Waals surface area contributed by atoms with E-state index in [1.54, 1.807) is 0 Å². The minimum absolute atomic E-state index is 0.920. The molecule has 0 unspecified atom stereocenters. The molecule has 2 nitrogen and oxygen atoms in total. The molecule has 294 valence electrons. The van der Waals surface area contributed by atoms with E-state index >= 15 is 0 Å². The maximum Gasteiger partial charge on any atom is 0.0640 e. The van der Waals surface area contributed by atoms with Crippen LogP contribution in [0.2, 0.25) is 0 Å². The number of fused-ring (bicyclic) bond motifs is 3. The summed E-state index contributed by atoms with van der Waals surface area (Å²) in [6.07, 6.45) is 1.84. The Hall–Kier alpha value is -6.94. The number of hydrogen-bond donors (Lipinski definition) is 0. The second kappa shape index (κ2) is 15.0. The summed E-state index contributed by atoms with van der Waals surface area (Å²) in [4.78, 5) is 5.04. The summed E-state index contributed by atoms with van der Waals surface area (Å²) in [5.74, 6) is 0. The van der Waals surface area contributed by atoms with E-state index in [1.807, 2.05) is 11.3 Å². The third-order valence-corrected chi connectivity index (χ3v) is 14.1. The third kappa shape index (κ3) is 5.90. The van der Waals surface area contributed by atoms with Gasteiger partial charge in [0.1, 0.15) is 0 Å². The predicted molar refractivity (Wildman–Crippen MR) is 266 cm³/mol. The van der Waals surface area contributed by atoms with Gasteiger partial charge in [-0.15, -0.1) is 11.3 Å². The van der Waals surface area contributed by atoms with Crippen LogP contribution in [0.15, 0.2) is 182 Å². The fourth-order valence-electron chi connectivity index (χ4n) is 9.96. The van der Waals surface area contributed by atoms with Crippen molar-refractivity contribution in [3.63, 3.8) is 0 Å². The molecule has 0 saturated carbocycles. The van der Waals surface area contributed by atoms with Crippen molar-refractivity contribution in [3.8, 4) is 11.1 Å². The van der Waals surface area contributed by atoms with Crippen LogP contribution in [0.1, 0.15) is 36.1 Å². The first-order chi connectivity index (χ1) is 30.0. The highest BCUT2D eigenvalue weighted by Crippen LogP contribution is 2.52. The lowest BCUT2D eigenvalue weighted by Crippen LogP contribution is -2.13. The second-order valence-electron chi connectivity index (χ2n) is 16.2. The Kier molecular flexibility index (Phi) is 9.09. The Bertz CT molecular complexity index is 3420. The third-order valence-electron chi connectivity index (χ3n) is 12.9. The zero-order valence-corrected chi connectivity index (χ0v) is 35.9. The molecule has 0 fully saturated rings. The second-order valence-corrected chi connectivity index (χ2v) is 17.3. The van der Waals surface area contributed by atoms with Gasteiger partial charge in [0.2, 0.25) is 0 Å². The molecule has 0 spiro atoms. The van der Waals surface area contributed by atoms with Crippen LogP contribution in [0.3, 0.4) is 0 Å². The van der Waals surface area contributed by atoms with Gasteiger partial charge in [-0.1, -0.05) is 141 Å². The summed E-state index contributed by atoms with van der Waals surface area (Å²) in [5, 5.41) is 10.5. The lowest BCUT2D eigenvalue weighted by Gasteiger charge is -2.32. The van der Waals surface area contributed by atoms with E-state index in [-0.39, 0.29) is 0 Å². The Morgan fingerprint density at radius 3 is 1.51 bits per heavy atom. The van der Waals surface area contributed by atoms with Crippen LogP contribution < -0.4 is 9.80 Å². The number of anilines is 6. The van der Waals surface area contributed by atoms with Crippen molar-refractivity contribution < 1.29 is 0 Å². The first-order valence-corrected chi connectivity index (χ1v) is 22.4. The molecule has 0 aliphatic heterocycles. The van der Waals surface area contributed by atoms with Crippen LogP contribution in [-0.2, 0) is 12.8 Å². The number of rotatable bonds is 9. The van der Waals surface area contributed by atoms with E-state index < -0.39 is 0 Å². The first kappa shape index (κ1) is 37.1. The minimum atomic E-state index is 0.920. The highest BCUT2D eigenvalue weighted by atomic mass is 32.1. The molecular weight excluding hydrogens is 757 g/mol. The van der Waals surface area contributed by atoms with Gasteiger partial charge >= 0.3 is 0 Å². The number of para-hydroxylation sites is 2. The molecule has 11 aromatic rings. The molecule has 61 heavy (non-hydrogen) atoms. The van der Waals surface area contributed by atoms with Crippen molar-refractivity contribution in [1.29, 1.82) is 0 Å². The van der Waals surface area contributed by atoms with Gasteiger partial charge in [0.05, 0.1) is 21.8 Å². The van der Waals surface area contributed by atoms with Crippen molar-refractivity contribution in [3.05, 3.63) is 204 Å². The Morgan fingerprint density at radius 2 is 0.885 bits per heavy atom. The molecule has 0 N–H and O–H groups in total. The van der Waals surface area contributed by atoms with Crippen LogP contribution in [-0.4, -0.2) is 0 Å². The van der Waals surface area contributed by atoms with E-state index in [9.17, 15) is 0 Å². The highest BCUT2D eigenvalue weighted by molar-refractivity contribution is 7.26. The molecule has 0 radical (unpaired) electrons. The molecule has 0 saturated heterocycles. The van der Waals surface area contributed by atoms with Crippen LogP contribution >= 0.6 is 11.3 Å². The van der Waals surface area contributed by atoms with Gasteiger partial charge in [0, 0.05) is 43.3 Å². The number of benzene rings is 10. The normalized spacial score (nSPS) is 11.7. The molecule has 0 aliphatic rings. The maximum absolute atomic E-state index is 2.53. The van der Waals surface area contributed by atoms with Crippen molar-refractivity contribution in [1.82, 2.24) is 0 Å². The van der Waals surface area contributed by atoms with Crippen molar-refractivity contribution >= 4 is 98.0 Å². The summed E-state index contributed by atoms with van der Waals surface area (Å²) >= 11 is 1.89. The van der Waals surface area contributed by atoms with E-state index in [0.29, 0.717) is 0 Å². The largest absolute Gasteiger partial charge is 0.310 e. The Morgan fingerprint density at radius 1 is 0.393 bits per heavy atom. The molecule has 10 aromatic carbocycles. The maximum atomic E-state index is 2.53. The molecule has 0 aliphatic carbocycles. The number of nitrogens with zero attached hydrogens (tertiary/aromatic N) is 2. The van der Waals surface area contributed by atoms with Crippen LogP contribution in [0.25, 0.3) is 63.6 Å². The topological polar surface area (TPSA) is 6.48 Å². The monoisotopic (exact) mass is 802 g/mol. The van der Waals surface area contributed by atoms with Gasteiger partial charge in [-0.05, 0) is 136 Å². The van der Waals surface area contributed by atoms with Gasteiger partial charge in [-0.2, -0.15) is 0 Å². The smallest absolute Gasteiger partial charge is 0.0640 e. The summed E-state index contributed by atoms with van der Waals surface area (Å²) < 4.78 is 2.61. The molecule has 0 bridgehead atoms. The standard InChI is InChI=1S/C58H46N2S/c1-5-39-35-53(59(41-20-9-7-10-21-41)51-28-17-26-44(38(51)4)43-24-14-13-19-37(43)3)49-33-31-46-40(6-2)36-54(50-34-32-45(39)56(49)57(46)50)60(42-22-11-8-12-23-42)52-29-18-27-48-47-25-15-16-30-55(47)61-58(48)52/h7-36H,5-6H2,1-4H3. The van der Waals surface area contributed by atoms with E-state index in [1.165, 1.54) is 109 Å². The quantitative estimate of drug-likeness (QED) is 0.134. The average molecular weight is 803 g/mol. The molecular formula is C58H46N2S. The van der Waals surface area contributed by atoms with Crippen LogP contribution in [0.5, 0.6) is 0 Å². The highest BCUT2D eigenvalue weighted by Gasteiger charge is 2.26. The molecule has 0 atom stereocenters. The zero-order valence-electron chi connectivity index (χ0n) is 35.0. The van der Waals surface area contributed by atoms with Gasteiger partial charge in [-0.25, -0.2) is 0 Å². The predicted octanol–water partition coefficient (Wildman–Crippen LogP) is 17.3. The zero-order chi connectivity index (χ0) is 41.2. The van der Waals surface area contributed by atoms with Gasteiger partial charge in [-0.3, -0.25) is 0 Å². The molecule has 1 aromatic heterocycles. The van der Waals surface area contributed by atoms with Crippen molar-refractivity contribution in [2.75, 3.05) is 9.80 Å². The summed E-state index contributed by atoms with van der Waals surface area (Å²) in [5.41, 5.74) is 14.9.